The first-order valence-corrected chi connectivity index (χ1v) is 8.65. The molecule has 5 nitrogen and oxygen atoms in total. The molecule has 0 spiro atoms. The van der Waals surface area contributed by atoms with E-state index in [9.17, 15) is 14.7 Å². The van der Waals surface area contributed by atoms with Crippen molar-refractivity contribution < 1.29 is 14.7 Å². The van der Waals surface area contributed by atoms with Gasteiger partial charge in [-0.3, -0.25) is 9.59 Å². The molecular weight excluding hydrogens is 304 g/mol. The van der Waals surface area contributed by atoms with Crippen molar-refractivity contribution >= 4 is 11.8 Å². The first kappa shape index (κ1) is 18.5. The Morgan fingerprint density at radius 2 is 1.88 bits per heavy atom. The Morgan fingerprint density at radius 1 is 1.21 bits per heavy atom. The molecule has 3 N–H and O–H groups in total. The highest BCUT2D eigenvalue weighted by molar-refractivity contribution is 5.88. The van der Waals surface area contributed by atoms with Gasteiger partial charge in [-0.2, -0.15) is 0 Å². The average molecular weight is 332 g/mol. The molecule has 0 fully saturated rings. The molecule has 3 atom stereocenters. The van der Waals surface area contributed by atoms with Crippen LogP contribution in [0.15, 0.2) is 24.3 Å². The molecule has 0 saturated heterocycles. The summed E-state index contributed by atoms with van der Waals surface area (Å²) in [5.41, 5.74) is 2.01. The van der Waals surface area contributed by atoms with Gasteiger partial charge in [-0.15, -0.1) is 0 Å². The predicted octanol–water partition coefficient (Wildman–Crippen LogP) is 1.95. The van der Waals surface area contributed by atoms with Gasteiger partial charge in [0.25, 0.3) is 0 Å². The van der Waals surface area contributed by atoms with Gasteiger partial charge in [-0.1, -0.05) is 52.0 Å². The lowest BCUT2D eigenvalue weighted by Gasteiger charge is -2.26. The molecule has 2 rings (SSSR count). The Morgan fingerprint density at radius 3 is 2.50 bits per heavy atom. The van der Waals surface area contributed by atoms with Crippen molar-refractivity contribution in [3.05, 3.63) is 35.4 Å². The first-order chi connectivity index (χ1) is 11.3. The van der Waals surface area contributed by atoms with E-state index < -0.39 is 18.2 Å². The summed E-state index contributed by atoms with van der Waals surface area (Å²) >= 11 is 0. The number of nitrogens with one attached hydrogen (secondary N) is 2. The van der Waals surface area contributed by atoms with E-state index in [0.717, 1.165) is 11.1 Å². The maximum atomic E-state index is 12.7. The maximum absolute atomic E-state index is 12.7. The second-order valence-electron chi connectivity index (χ2n) is 7.34. The monoisotopic (exact) mass is 332 g/mol. The van der Waals surface area contributed by atoms with Crippen molar-refractivity contribution in [1.29, 1.82) is 0 Å². The number of aliphatic hydroxyl groups excluding tert-OH is 1. The molecule has 0 aliphatic heterocycles. The third-order valence-corrected chi connectivity index (χ3v) is 4.36. The van der Waals surface area contributed by atoms with Crippen molar-refractivity contribution in [2.24, 2.45) is 11.8 Å². The van der Waals surface area contributed by atoms with Gasteiger partial charge < -0.3 is 15.7 Å². The fourth-order valence-electron chi connectivity index (χ4n) is 3.13. The molecule has 0 aromatic heterocycles. The molecule has 1 aliphatic rings. The fourth-order valence-corrected chi connectivity index (χ4v) is 3.13. The smallest absolute Gasteiger partial charge is 0.243 e. The van der Waals surface area contributed by atoms with E-state index >= 15 is 0 Å². The quantitative estimate of drug-likeness (QED) is 0.745. The van der Waals surface area contributed by atoms with Crippen LogP contribution in [0.2, 0.25) is 0 Å². The van der Waals surface area contributed by atoms with Gasteiger partial charge >= 0.3 is 0 Å². The molecule has 0 heterocycles. The number of rotatable bonds is 6. The molecule has 1 aromatic rings. The van der Waals surface area contributed by atoms with Crippen molar-refractivity contribution in [3.63, 3.8) is 0 Å². The summed E-state index contributed by atoms with van der Waals surface area (Å²) in [5, 5.41) is 16.0. The van der Waals surface area contributed by atoms with Crippen LogP contribution in [0.4, 0.5) is 0 Å². The van der Waals surface area contributed by atoms with E-state index in [4.69, 9.17) is 0 Å². The standard InChI is InChI=1S/C19H28N2O3/c1-11(2)9-16(23)20-17(12(3)4)19(24)21-18-14-8-6-5-7-13(14)10-15(18)22/h5-8,11-12,15,17-18,22H,9-10H2,1-4H3,(H,20,23)(H,21,24)/t15-,17?,18+/m1/s1. The van der Waals surface area contributed by atoms with Gasteiger partial charge in [0.2, 0.25) is 11.8 Å². The van der Waals surface area contributed by atoms with Crippen LogP contribution in [0.5, 0.6) is 0 Å². The Bertz CT molecular complexity index is 598. The summed E-state index contributed by atoms with van der Waals surface area (Å²) in [4.78, 5) is 24.7. The molecule has 132 valence electrons. The highest BCUT2D eigenvalue weighted by Crippen LogP contribution is 2.31. The lowest BCUT2D eigenvalue weighted by atomic mass is 10.0. The second kappa shape index (κ2) is 7.79. The summed E-state index contributed by atoms with van der Waals surface area (Å²) in [7, 11) is 0. The van der Waals surface area contributed by atoms with Gasteiger partial charge in [0, 0.05) is 12.8 Å². The largest absolute Gasteiger partial charge is 0.390 e. The SMILES string of the molecule is CC(C)CC(=O)NC(C(=O)N[C@H]1c2ccccc2C[C@H]1O)C(C)C. The molecule has 0 radical (unpaired) electrons. The molecule has 5 heteroatoms. The predicted molar refractivity (Wildman–Crippen MR) is 93.3 cm³/mol. The molecule has 2 amide bonds. The normalized spacial score (nSPS) is 20.8. The summed E-state index contributed by atoms with van der Waals surface area (Å²) in [6.45, 7) is 7.74. The molecule has 24 heavy (non-hydrogen) atoms. The second-order valence-corrected chi connectivity index (χ2v) is 7.34. The van der Waals surface area contributed by atoms with E-state index in [2.05, 4.69) is 10.6 Å². The van der Waals surface area contributed by atoms with Crippen LogP contribution in [0, 0.1) is 11.8 Å². The van der Waals surface area contributed by atoms with Crippen molar-refractivity contribution in [2.75, 3.05) is 0 Å². The average Bonchev–Trinajstić information content (AvgIpc) is 2.80. The number of fused-ring (bicyclic) bond motifs is 1. The molecule has 1 aliphatic carbocycles. The number of hydrogen-bond donors (Lipinski definition) is 3. The van der Waals surface area contributed by atoms with Crippen LogP contribution < -0.4 is 10.6 Å². The van der Waals surface area contributed by atoms with Crippen LogP contribution in [-0.2, 0) is 16.0 Å². The lowest BCUT2D eigenvalue weighted by Crippen LogP contribution is -2.51. The zero-order chi connectivity index (χ0) is 17.9. The summed E-state index contributed by atoms with van der Waals surface area (Å²) in [6.07, 6.45) is 0.295. The molecule has 1 aromatic carbocycles. The van der Waals surface area contributed by atoms with Crippen LogP contribution in [-0.4, -0.2) is 29.1 Å². The lowest BCUT2D eigenvalue weighted by molar-refractivity contribution is -0.131. The summed E-state index contributed by atoms with van der Waals surface area (Å²) < 4.78 is 0. The van der Waals surface area contributed by atoms with Gasteiger partial charge in [0.1, 0.15) is 6.04 Å². The third-order valence-electron chi connectivity index (χ3n) is 4.36. The van der Waals surface area contributed by atoms with E-state index in [1.54, 1.807) is 0 Å². The highest BCUT2D eigenvalue weighted by Gasteiger charge is 2.34. The molecule has 0 bridgehead atoms. The zero-order valence-electron chi connectivity index (χ0n) is 14.9. The van der Waals surface area contributed by atoms with Crippen LogP contribution >= 0.6 is 0 Å². The highest BCUT2D eigenvalue weighted by atomic mass is 16.3. The Labute approximate surface area is 143 Å². The van der Waals surface area contributed by atoms with Gasteiger partial charge in [0.05, 0.1) is 12.1 Å². The third kappa shape index (κ3) is 4.35. The number of aliphatic hydroxyl groups is 1. The number of carbonyl (C=O) groups is 2. The number of carbonyl (C=O) groups excluding carboxylic acids is 2. The molecular formula is C19H28N2O3. The Kier molecular flexibility index (Phi) is 5.99. The number of benzene rings is 1. The van der Waals surface area contributed by atoms with Crippen LogP contribution in [0.3, 0.4) is 0 Å². The minimum Gasteiger partial charge on any atom is -0.390 e. The summed E-state index contributed by atoms with van der Waals surface area (Å²) in [6, 6.07) is 6.71. The van der Waals surface area contributed by atoms with E-state index in [1.165, 1.54) is 0 Å². The van der Waals surface area contributed by atoms with Crippen LogP contribution in [0.25, 0.3) is 0 Å². The molecule has 1 unspecified atom stereocenters. The van der Waals surface area contributed by atoms with E-state index in [0.29, 0.717) is 12.8 Å². The zero-order valence-corrected chi connectivity index (χ0v) is 14.9. The Balaban J connectivity index is 2.07. The van der Waals surface area contributed by atoms with E-state index in [-0.39, 0.29) is 23.7 Å². The van der Waals surface area contributed by atoms with Crippen molar-refractivity contribution in [2.45, 2.75) is 58.7 Å². The van der Waals surface area contributed by atoms with E-state index in [1.807, 2.05) is 52.0 Å². The molecule has 0 saturated carbocycles. The topological polar surface area (TPSA) is 78.4 Å². The van der Waals surface area contributed by atoms with Crippen molar-refractivity contribution in [1.82, 2.24) is 10.6 Å². The van der Waals surface area contributed by atoms with Gasteiger partial charge in [0.15, 0.2) is 0 Å². The number of amides is 2. The van der Waals surface area contributed by atoms with Gasteiger partial charge in [-0.25, -0.2) is 0 Å². The number of hydrogen-bond acceptors (Lipinski definition) is 3. The minimum atomic E-state index is -0.634. The minimum absolute atomic E-state index is 0.0325. The maximum Gasteiger partial charge on any atom is 0.243 e. The van der Waals surface area contributed by atoms with Crippen molar-refractivity contribution in [3.8, 4) is 0 Å². The summed E-state index contributed by atoms with van der Waals surface area (Å²) in [5.74, 6) is -0.159. The van der Waals surface area contributed by atoms with Gasteiger partial charge in [-0.05, 0) is 23.0 Å². The Hall–Kier alpha value is -1.88. The fraction of sp³-hybridized carbons (Fsp3) is 0.579. The first-order valence-electron chi connectivity index (χ1n) is 8.65. The van der Waals surface area contributed by atoms with Crippen LogP contribution in [0.1, 0.15) is 51.3 Å².